The first-order chi connectivity index (χ1) is 14.5. The van der Waals surface area contributed by atoms with Gasteiger partial charge in [-0.05, 0) is 35.9 Å². The minimum Gasteiger partial charge on any atom is -0.469 e. The molecule has 1 aliphatic rings. The molecule has 0 bridgehead atoms. The number of rotatable bonds is 5. The molecular formula is C20H15Cl2F3N2O4. The van der Waals surface area contributed by atoms with Gasteiger partial charge in [0.15, 0.2) is 0 Å². The molecule has 164 valence electrons. The van der Waals surface area contributed by atoms with E-state index in [-0.39, 0.29) is 21.3 Å². The van der Waals surface area contributed by atoms with Crippen LogP contribution in [0.3, 0.4) is 0 Å². The van der Waals surface area contributed by atoms with Gasteiger partial charge in [0.05, 0.1) is 12.8 Å². The van der Waals surface area contributed by atoms with Crippen LogP contribution in [0.2, 0.25) is 10.0 Å². The summed E-state index contributed by atoms with van der Waals surface area (Å²) in [6, 6.07) is 9.49. The highest BCUT2D eigenvalue weighted by molar-refractivity contribution is 6.34. The summed E-state index contributed by atoms with van der Waals surface area (Å²) in [6.45, 7) is 0. The Balaban J connectivity index is 1.81. The Labute approximate surface area is 184 Å². The molecule has 1 N–H and O–H groups in total. The zero-order valence-electron chi connectivity index (χ0n) is 15.9. The molecule has 2 aromatic carbocycles. The Hall–Kier alpha value is -2.78. The first-order valence-electron chi connectivity index (χ1n) is 8.79. The molecule has 0 aliphatic carbocycles. The number of amides is 1. The van der Waals surface area contributed by atoms with Crippen molar-refractivity contribution in [2.24, 2.45) is 5.16 Å². The number of benzene rings is 2. The first kappa shape index (κ1) is 22.9. The second kappa shape index (κ2) is 8.76. The summed E-state index contributed by atoms with van der Waals surface area (Å²) in [6.07, 6.45) is -5.86. The average Bonchev–Trinajstić information content (AvgIpc) is 3.14. The van der Waals surface area contributed by atoms with Gasteiger partial charge in [0, 0.05) is 27.7 Å². The van der Waals surface area contributed by atoms with Crippen LogP contribution in [0.25, 0.3) is 0 Å². The zero-order valence-corrected chi connectivity index (χ0v) is 17.4. The molecular weight excluding hydrogens is 460 g/mol. The number of hydrogen-bond acceptors (Lipinski definition) is 5. The average molecular weight is 475 g/mol. The number of halogens is 5. The number of nitrogens with zero attached hydrogens (tertiary/aromatic N) is 1. The number of ether oxygens (including phenoxy) is 1. The maximum Gasteiger partial charge on any atom is 0.435 e. The third kappa shape index (κ3) is 4.94. The van der Waals surface area contributed by atoms with Crippen LogP contribution in [-0.4, -0.2) is 30.9 Å². The second-order valence-electron chi connectivity index (χ2n) is 6.67. The lowest BCUT2D eigenvalue weighted by Crippen LogP contribution is -2.42. The molecule has 2 aromatic rings. The van der Waals surface area contributed by atoms with E-state index in [2.05, 4.69) is 15.2 Å². The number of hydrogen-bond donors (Lipinski definition) is 1. The van der Waals surface area contributed by atoms with E-state index in [9.17, 15) is 22.8 Å². The molecule has 0 spiro atoms. The molecule has 1 heterocycles. The van der Waals surface area contributed by atoms with E-state index in [1.54, 1.807) is 0 Å². The lowest BCUT2D eigenvalue weighted by Gasteiger charge is -2.29. The fourth-order valence-electron chi connectivity index (χ4n) is 3.00. The minimum absolute atomic E-state index is 0.0372. The summed E-state index contributed by atoms with van der Waals surface area (Å²) in [5.41, 5.74) is -2.22. The van der Waals surface area contributed by atoms with Crippen LogP contribution in [0.4, 0.5) is 18.9 Å². The van der Waals surface area contributed by atoms with Gasteiger partial charge in [0.1, 0.15) is 6.42 Å². The summed E-state index contributed by atoms with van der Waals surface area (Å²) in [4.78, 5) is 27.8. The Bertz CT molecular complexity index is 1020. The van der Waals surface area contributed by atoms with Crippen LogP contribution in [0, 0.1) is 0 Å². The van der Waals surface area contributed by atoms with Crippen LogP contribution >= 0.6 is 23.2 Å². The van der Waals surface area contributed by atoms with E-state index in [0.717, 1.165) is 19.2 Å². The van der Waals surface area contributed by atoms with Gasteiger partial charge in [-0.25, -0.2) is 0 Å². The fourth-order valence-corrected chi connectivity index (χ4v) is 3.53. The maximum absolute atomic E-state index is 14.0. The molecule has 1 atom stereocenters. The smallest absolute Gasteiger partial charge is 0.435 e. The maximum atomic E-state index is 14.0. The van der Waals surface area contributed by atoms with Gasteiger partial charge < -0.3 is 14.9 Å². The fraction of sp³-hybridized carbons (Fsp3) is 0.250. The van der Waals surface area contributed by atoms with Gasteiger partial charge >= 0.3 is 12.1 Å². The van der Waals surface area contributed by atoms with Crippen molar-refractivity contribution in [1.29, 1.82) is 0 Å². The molecule has 0 aromatic heterocycles. The number of nitrogens with one attached hydrogen (secondary N) is 1. The number of anilines is 1. The summed E-state index contributed by atoms with van der Waals surface area (Å²) in [5, 5.41) is 6.22. The molecule has 1 amide bonds. The zero-order chi connectivity index (χ0) is 22.8. The SMILES string of the molecule is COC(=O)CC(=O)Nc1ccc(C2=NOC(c3cc(Cl)cc(Cl)c3)(C(F)(F)F)C2)cc1. The lowest BCUT2D eigenvalue weighted by molar-refractivity contribution is -0.275. The summed E-state index contributed by atoms with van der Waals surface area (Å²) in [5.74, 6) is -1.29. The van der Waals surface area contributed by atoms with Crippen molar-refractivity contribution in [3.63, 3.8) is 0 Å². The van der Waals surface area contributed by atoms with E-state index in [0.29, 0.717) is 11.3 Å². The molecule has 3 rings (SSSR count). The minimum atomic E-state index is -4.80. The van der Waals surface area contributed by atoms with Gasteiger partial charge in [0.25, 0.3) is 5.60 Å². The van der Waals surface area contributed by atoms with E-state index < -0.39 is 36.5 Å². The van der Waals surface area contributed by atoms with E-state index in [1.165, 1.54) is 30.3 Å². The third-order valence-electron chi connectivity index (χ3n) is 4.55. The standard InChI is InChI=1S/C20H15Cl2F3N2O4/c1-30-18(29)9-17(28)26-15-4-2-11(3-5-15)16-10-19(31-27-16,20(23,24)25)12-6-13(21)8-14(22)7-12/h2-8H,9-10H2,1H3,(H,26,28). The Morgan fingerprint density at radius 3 is 2.32 bits per heavy atom. The van der Waals surface area contributed by atoms with E-state index in [1.807, 2.05) is 0 Å². The van der Waals surface area contributed by atoms with Crippen molar-refractivity contribution in [2.45, 2.75) is 24.6 Å². The van der Waals surface area contributed by atoms with Gasteiger partial charge in [-0.15, -0.1) is 0 Å². The largest absolute Gasteiger partial charge is 0.469 e. The quantitative estimate of drug-likeness (QED) is 0.484. The Morgan fingerprint density at radius 2 is 1.77 bits per heavy atom. The van der Waals surface area contributed by atoms with Crippen LogP contribution in [0.5, 0.6) is 0 Å². The van der Waals surface area contributed by atoms with Crippen molar-refractivity contribution < 1.29 is 32.3 Å². The predicted molar refractivity (Wildman–Crippen MR) is 108 cm³/mol. The first-order valence-corrected chi connectivity index (χ1v) is 9.55. The van der Waals surface area contributed by atoms with Gasteiger partial charge in [-0.3, -0.25) is 9.59 Å². The van der Waals surface area contributed by atoms with Crippen molar-refractivity contribution >= 4 is 46.5 Å². The number of carbonyl (C=O) groups is 2. The van der Waals surface area contributed by atoms with Crippen LogP contribution < -0.4 is 5.32 Å². The number of methoxy groups -OCH3 is 1. The molecule has 6 nitrogen and oxygen atoms in total. The number of alkyl halides is 3. The van der Waals surface area contributed by atoms with Crippen molar-refractivity contribution in [3.8, 4) is 0 Å². The monoisotopic (exact) mass is 474 g/mol. The van der Waals surface area contributed by atoms with Gasteiger partial charge in [0.2, 0.25) is 5.91 Å². The molecule has 31 heavy (non-hydrogen) atoms. The summed E-state index contributed by atoms with van der Waals surface area (Å²) >= 11 is 11.8. The van der Waals surface area contributed by atoms with Gasteiger partial charge in [-0.1, -0.05) is 40.5 Å². The van der Waals surface area contributed by atoms with Crippen LogP contribution in [0.1, 0.15) is 24.0 Å². The summed E-state index contributed by atoms with van der Waals surface area (Å²) in [7, 11) is 1.16. The molecule has 0 fully saturated rings. The van der Waals surface area contributed by atoms with Crippen molar-refractivity contribution in [3.05, 3.63) is 63.6 Å². The predicted octanol–water partition coefficient (Wildman–Crippen LogP) is 5.08. The highest BCUT2D eigenvalue weighted by Crippen LogP contribution is 2.49. The van der Waals surface area contributed by atoms with Gasteiger partial charge in [-0.2, -0.15) is 13.2 Å². The Kier molecular flexibility index (Phi) is 6.47. The van der Waals surface area contributed by atoms with Crippen molar-refractivity contribution in [1.82, 2.24) is 0 Å². The highest BCUT2D eigenvalue weighted by atomic mass is 35.5. The highest BCUT2D eigenvalue weighted by Gasteiger charge is 2.62. The molecule has 0 radical (unpaired) electrons. The molecule has 0 saturated heterocycles. The normalized spacial score (nSPS) is 18.2. The van der Waals surface area contributed by atoms with Crippen LogP contribution in [0.15, 0.2) is 47.6 Å². The lowest BCUT2D eigenvalue weighted by atomic mass is 9.86. The molecule has 0 saturated carbocycles. The van der Waals surface area contributed by atoms with E-state index >= 15 is 0 Å². The van der Waals surface area contributed by atoms with E-state index in [4.69, 9.17) is 28.0 Å². The number of esters is 1. The second-order valence-corrected chi connectivity index (χ2v) is 7.54. The molecule has 11 heteroatoms. The van der Waals surface area contributed by atoms with Crippen molar-refractivity contribution in [2.75, 3.05) is 12.4 Å². The third-order valence-corrected chi connectivity index (χ3v) is 4.99. The Morgan fingerprint density at radius 1 is 1.16 bits per heavy atom. The number of oxime groups is 1. The molecule has 1 aliphatic heterocycles. The summed E-state index contributed by atoms with van der Waals surface area (Å²) < 4.78 is 46.5. The topological polar surface area (TPSA) is 77.0 Å². The molecule has 1 unspecified atom stereocenters. The van der Waals surface area contributed by atoms with Crippen LogP contribution in [-0.2, 0) is 24.8 Å². The number of carbonyl (C=O) groups excluding carboxylic acids is 2.